The predicted octanol–water partition coefficient (Wildman–Crippen LogP) is 2.31. The van der Waals surface area contributed by atoms with Crippen LogP contribution in [0.15, 0.2) is 35.4 Å². The lowest BCUT2D eigenvalue weighted by molar-refractivity contribution is -0.119. The Hall–Kier alpha value is -2.85. The molecule has 1 saturated heterocycles. The van der Waals surface area contributed by atoms with E-state index >= 15 is 0 Å². The summed E-state index contributed by atoms with van der Waals surface area (Å²) in [5, 5.41) is 2.80. The highest BCUT2D eigenvalue weighted by Crippen LogP contribution is 2.30. The minimum absolute atomic E-state index is 0.0501. The number of amides is 1. The summed E-state index contributed by atoms with van der Waals surface area (Å²) in [7, 11) is -0.910. The normalized spacial score (nSPS) is 16.8. The number of hydrogen-bond donors (Lipinski definition) is 1. The van der Waals surface area contributed by atoms with Gasteiger partial charge in [-0.15, -0.1) is 0 Å². The van der Waals surface area contributed by atoms with Gasteiger partial charge in [0.15, 0.2) is 0 Å². The van der Waals surface area contributed by atoms with Crippen molar-refractivity contribution in [1.82, 2.24) is 8.87 Å². The minimum Gasteiger partial charge on any atom is -0.495 e. The van der Waals surface area contributed by atoms with Crippen LogP contribution >= 0.6 is 0 Å². The van der Waals surface area contributed by atoms with Gasteiger partial charge in [-0.3, -0.25) is 4.79 Å². The van der Waals surface area contributed by atoms with Crippen LogP contribution in [0, 0.1) is 6.92 Å². The standard InChI is InChI=1S/C21H27N3O6S/c1-5-30-21(26)18-12-15(13-23(18)3)31(27,28)24-10-6-7-17(24)20(25)22-16-11-14(2)8-9-19(16)29-4/h8-9,11-13,17H,5-7,10H2,1-4H3,(H,22,25)/t17-/m0/s1. The Bertz CT molecular complexity index is 1090. The lowest BCUT2D eigenvalue weighted by atomic mass is 10.1. The molecule has 0 saturated carbocycles. The SMILES string of the molecule is CCOC(=O)c1cc(S(=O)(=O)N2CCC[C@H]2C(=O)Nc2cc(C)ccc2OC)cn1C. The van der Waals surface area contributed by atoms with Gasteiger partial charge in [0, 0.05) is 19.8 Å². The van der Waals surface area contributed by atoms with Gasteiger partial charge in [-0.2, -0.15) is 4.31 Å². The van der Waals surface area contributed by atoms with Crippen molar-refractivity contribution in [2.24, 2.45) is 7.05 Å². The molecule has 1 fully saturated rings. The molecule has 31 heavy (non-hydrogen) atoms. The molecule has 1 aromatic heterocycles. The highest BCUT2D eigenvalue weighted by atomic mass is 32.2. The van der Waals surface area contributed by atoms with Crippen LogP contribution in [0.2, 0.25) is 0 Å². The fraction of sp³-hybridized carbons (Fsp3) is 0.429. The van der Waals surface area contributed by atoms with E-state index in [2.05, 4.69) is 5.32 Å². The number of aromatic nitrogens is 1. The molecule has 1 aromatic carbocycles. The maximum Gasteiger partial charge on any atom is 0.354 e. The van der Waals surface area contributed by atoms with Gasteiger partial charge in [-0.1, -0.05) is 6.07 Å². The number of sulfonamides is 1. The molecule has 9 nitrogen and oxygen atoms in total. The molecule has 168 valence electrons. The number of methoxy groups -OCH3 is 1. The van der Waals surface area contributed by atoms with Crippen LogP contribution in [-0.2, 0) is 26.6 Å². The monoisotopic (exact) mass is 449 g/mol. The van der Waals surface area contributed by atoms with Crippen molar-refractivity contribution >= 4 is 27.6 Å². The van der Waals surface area contributed by atoms with Crippen LogP contribution in [0.5, 0.6) is 5.75 Å². The summed E-state index contributed by atoms with van der Waals surface area (Å²) in [6.45, 7) is 3.96. The van der Waals surface area contributed by atoms with Gasteiger partial charge in [-0.05, 0) is 50.5 Å². The van der Waals surface area contributed by atoms with E-state index in [0.717, 1.165) is 5.56 Å². The summed E-state index contributed by atoms with van der Waals surface area (Å²) >= 11 is 0. The van der Waals surface area contributed by atoms with E-state index in [4.69, 9.17) is 9.47 Å². The van der Waals surface area contributed by atoms with Gasteiger partial charge in [0.25, 0.3) is 0 Å². The van der Waals surface area contributed by atoms with Crippen LogP contribution in [0.1, 0.15) is 35.8 Å². The third-order valence-electron chi connectivity index (χ3n) is 5.19. The van der Waals surface area contributed by atoms with Gasteiger partial charge < -0.3 is 19.4 Å². The van der Waals surface area contributed by atoms with E-state index in [1.54, 1.807) is 26.1 Å². The van der Waals surface area contributed by atoms with E-state index in [1.807, 2.05) is 13.0 Å². The Morgan fingerprint density at radius 2 is 2.00 bits per heavy atom. The summed E-state index contributed by atoms with van der Waals surface area (Å²) in [4.78, 5) is 25.0. The van der Waals surface area contributed by atoms with Crippen LogP contribution < -0.4 is 10.1 Å². The number of carbonyl (C=O) groups is 2. The summed E-state index contributed by atoms with van der Waals surface area (Å²) in [6, 6.07) is 5.80. The third-order valence-corrected chi connectivity index (χ3v) is 7.06. The zero-order valence-electron chi connectivity index (χ0n) is 18.0. The Balaban J connectivity index is 1.86. The number of nitrogens with zero attached hydrogens (tertiary/aromatic N) is 2. The molecule has 0 bridgehead atoms. The summed E-state index contributed by atoms with van der Waals surface area (Å²) in [5.74, 6) is -0.534. The van der Waals surface area contributed by atoms with E-state index in [0.29, 0.717) is 24.3 Å². The first-order chi connectivity index (χ1) is 14.7. The zero-order valence-corrected chi connectivity index (χ0v) is 18.9. The molecule has 10 heteroatoms. The first kappa shape index (κ1) is 22.8. The molecule has 1 aliphatic heterocycles. The molecule has 1 N–H and O–H groups in total. The van der Waals surface area contributed by atoms with Crippen molar-refractivity contribution in [3.05, 3.63) is 41.7 Å². The molecule has 0 unspecified atom stereocenters. The summed E-state index contributed by atoms with van der Waals surface area (Å²) in [6.07, 6.45) is 2.31. The number of carbonyl (C=O) groups excluding carboxylic acids is 2. The van der Waals surface area contributed by atoms with Crippen LogP contribution in [0.25, 0.3) is 0 Å². The quantitative estimate of drug-likeness (QED) is 0.650. The molecule has 0 aliphatic carbocycles. The molecule has 1 aliphatic rings. The van der Waals surface area contributed by atoms with Crippen molar-refractivity contribution in [3.8, 4) is 5.75 Å². The predicted molar refractivity (Wildman–Crippen MR) is 115 cm³/mol. The number of rotatable bonds is 7. The second-order valence-corrected chi connectivity index (χ2v) is 9.25. The Labute approximate surface area is 182 Å². The molecule has 2 aromatic rings. The Morgan fingerprint density at radius 1 is 1.26 bits per heavy atom. The number of anilines is 1. The second-order valence-electron chi connectivity index (χ2n) is 7.36. The number of benzene rings is 1. The molecule has 0 spiro atoms. The van der Waals surface area contributed by atoms with Gasteiger partial charge in [0.2, 0.25) is 15.9 Å². The van der Waals surface area contributed by atoms with Gasteiger partial charge in [-0.25, -0.2) is 13.2 Å². The lowest BCUT2D eigenvalue weighted by Crippen LogP contribution is -2.43. The van der Waals surface area contributed by atoms with Crippen LogP contribution in [0.4, 0.5) is 5.69 Å². The van der Waals surface area contributed by atoms with Crippen LogP contribution in [-0.4, -0.2) is 55.5 Å². The minimum atomic E-state index is -3.99. The summed E-state index contributed by atoms with van der Waals surface area (Å²) in [5.41, 5.74) is 1.55. The number of aryl methyl sites for hydroxylation is 2. The molecular weight excluding hydrogens is 422 g/mol. The largest absolute Gasteiger partial charge is 0.495 e. The van der Waals surface area contributed by atoms with Gasteiger partial charge >= 0.3 is 5.97 Å². The number of nitrogens with one attached hydrogen (secondary N) is 1. The van der Waals surface area contributed by atoms with Crippen molar-refractivity contribution in [1.29, 1.82) is 0 Å². The van der Waals surface area contributed by atoms with Gasteiger partial charge in [0.1, 0.15) is 22.4 Å². The molecule has 2 heterocycles. The average Bonchev–Trinajstić information content (AvgIpc) is 3.36. The molecule has 0 radical (unpaired) electrons. The van der Waals surface area contributed by atoms with Crippen molar-refractivity contribution in [2.75, 3.05) is 25.6 Å². The number of esters is 1. The van der Waals surface area contributed by atoms with E-state index in [1.165, 1.54) is 28.2 Å². The second kappa shape index (κ2) is 9.11. The fourth-order valence-electron chi connectivity index (χ4n) is 3.64. The van der Waals surface area contributed by atoms with E-state index < -0.39 is 27.9 Å². The topological polar surface area (TPSA) is 107 Å². The zero-order chi connectivity index (χ0) is 22.8. The first-order valence-electron chi connectivity index (χ1n) is 9.99. The van der Waals surface area contributed by atoms with E-state index in [9.17, 15) is 18.0 Å². The summed E-state index contributed by atoms with van der Waals surface area (Å²) < 4.78 is 39.4. The Morgan fingerprint density at radius 3 is 2.68 bits per heavy atom. The van der Waals surface area contributed by atoms with Crippen LogP contribution in [0.3, 0.4) is 0 Å². The first-order valence-corrected chi connectivity index (χ1v) is 11.4. The smallest absolute Gasteiger partial charge is 0.354 e. The lowest BCUT2D eigenvalue weighted by Gasteiger charge is -2.23. The maximum atomic E-state index is 13.3. The van der Waals surface area contributed by atoms with Crippen molar-refractivity contribution in [2.45, 2.75) is 37.6 Å². The highest BCUT2D eigenvalue weighted by molar-refractivity contribution is 7.89. The van der Waals surface area contributed by atoms with Crippen molar-refractivity contribution < 1.29 is 27.5 Å². The molecule has 3 rings (SSSR count). The van der Waals surface area contributed by atoms with Crippen molar-refractivity contribution in [3.63, 3.8) is 0 Å². The highest BCUT2D eigenvalue weighted by Gasteiger charge is 2.40. The van der Waals surface area contributed by atoms with E-state index in [-0.39, 0.29) is 23.7 Å². The Kier molecular flexibility index (Phi) is 6.71. The maximum absolute atomic E-state index is 13.3. The number of ether oxygens (including phenoxy) is 2. The van der Waals surface area contributed by atoms with Gasteiger partial charge in [0.05, 0.1) is 19.4 Å². The molecule has 1 atom stereocenters. The molecular formula is C21H27N3O6S. The average molecular weight is 450 g/mol. The number of hydrogen-bond acceptors (Lipinski definition) is 6. The fourth-order valence-corrected chi connectivity index (χ4v) is 5.37. The third kappa shape index (κ3) is 4.59. The molecule has 1 amide bonds.